The Morgan fingerprint density at radius 1 is 1.00 bits per heavy atom. The van der Waals surface area contributed by atoms with Crippen LogP contribution in [0.15, 0.2) is 72.9 Å². The molecule has 0 aliphatic rings. The molecule has 120 valence electrons. The number of hydrogen-bond acceptors (Lipinski definition) is 3. The molecule has 1 aromatic heterocycles. The van der Waals surface area contributed by atoms with Gasteiger partial charge in [0.05, 0.1) is 5.56 Å². The lowest BCUT2D eigenvalue weighted by Gasteiger charge is -2.11. The number of halogens is 1. The Morgan fingerprint density at radius 2 is 1.83 bits per heavy atom. The molecule has 1 heterocycles. The van der Waals surface area contributed by atoms with Crippen molar-refractivity contribution in [1.29, 1.82) is 0 Å². The maximum absolute atomic E-state index is 13.2. The molecule has 0 aliphatic heterocycles. The highest BCUT2D eigenvalue weighted by Crippen LogP contribution is 2.16. The number of carbonyl (C=O) groups is 1. The largest absolute Gasteiger partial charge is 0.365 e. The standard InChI is InChI=1S/C19H16FN3O/c20-15-8-4-9-16(12-15)23-19(24)17-10-5-11-21-18(17)22-13-14-6-2-1-3-7-14/h1-12H,13H2,(H,21,22)(H,23,24). The van der Waals surface area contributed by atoms with Gasteiger partial charge in [0.25, 0.3) is 5.91 Å². The normalized spacial score (nSPS) is 10.2. The van der Waals surface area contributed by atoms with Crippen molar-refractivity contribution < 1.29 is 9.18 Å². The fourth-order valence-corrected chi connectivity index (χ4v) is 2.28. The predicted octanol–water partition coefficient (Wildman–Crippen LogP) is 4.09. The Bertz CT molecular complexity index is 837. The van der Waals surface area contributed by atoms with Gasteiger partial charge >= 0.3 is 0 Å². The van der Waals surface area contributed by atoms with E-state index >= 15 is 0 Å². The van der Waals surface area contributed by atoms with Crippen LogP contribution in [0.1, 0.15) is 15.9 Å². The molecule has 4 nitrogen and oxygen atoms in total. The van der Waals surface area contributed by atoms with Crippen LogP contribution in [0.5, 0.6) is 0 Å². The van der Waals surface area contributed by atoms with Gasteiger partial charge in [-0.3, -0.25) is 4.79 Å². The van der Waals surface area contributed by atoms with Crippen molar-refractivity contribution in [2.45, 2.75) is 6.54 Å². The van der Waals surface area contributed by atoms with E-state index in [0.717, 1.165) is 5.56 Å². The van der Waals surface area contributed by atoms with Gasteiger partial charge < -0.3 is 10.6 Å². The zero-order chi connectivity index (χ0) is 16.8. The monoisotopic (exact) mass is 321 g/mol. The van der Waals surface area contributed by atoms with Crippen molar-refractivity contribution >= 4 is 17.4 Å². The first-order valence-electron chi connectivity index (χ1n) is 7.52. The lowest BCUT2D eigenvalue weighted by molar-refractivity contribution is 0.102. The van der Waals surface area contributed by atoms with Crippen LogP contribution in [0, 0.1) is 5.82 Å². The third-order valence-corrected chi connectivity index (χ3v) is 3.44. The summed E-state index contributed by atoms with van der Waals surface area (Å²) in [6.45, 7) is 0.554. The van der Waals surface area contributed by atoms with Crippen LogP contribution in [0.25, 0.3) is 0 Å². The third kappa shape index (κ3) is 3.95. The van der Waals surface area contributed by atoms with E-state index in [-0.39, 0.29) is 5.91 Å². The lowest BCUT2D eigenvalue weighted by Crippen LogP contribution is -2.15. The summed E-state index contributed by atoms with van der Waals surface area (Å²) in [5.74, 6) is -0.263. The number of pyridine rings is 1. The molecule has 3 rings (SSSR count). The van der Waals surface area contributed by atoms with Crippen LogP contribution < -0.4 is 10.6 Å². The van der Waals surface area contributed by atoms with Gasteiger partial charge in [-0.15, -0.1) is 0 Å². The average Bonchev–Trinajstić information content (AvgIpc) is 2.61. The quantitative estimate of drug-likeness (QED) is 0.744. The van der Waals surface area contributed by atoms with Crippen molar-refractivity contribution in [2.75, 3.05) is 10.6 Å². The van der Waals surface area contributed by atoms with Gasteiger partial charge in [-0.05, 0) is 35.9 Å². The van der Waals surface area contributed by atoms with Gasteiger partial charge in [0.1, 0.15) is 11.6 Å². The van der Waals surface area contributed by atoms with Gasteiger partial charge in [-0.2, -0.15) is 0 Å². The first-order chi connectivity index (χ1) is 11.7. The Labute approximate surface area is 139 Å². The van der Waals surface area contributed by atoms with Gasteiger partial charge in [0, 0.05) is 18.4 Å². The van der Waals surface area contributed by atoms with E-state index in [1.807, 2.05) is 30.3 Å². The summed E-state index contributed by atoms with van der Waals surface area (Å²) in [5.41, 5.74) is 1.88. The summed E-state index contributed by atoms with van der Waals surface area (Å²) in [7, 11) is 0. The lowest BCUT2D eigenvalue weighted by atomic mass is 10.2. The summed E-state index contributed by atoms with van der Waals surface area (Å²) in [6, 6.07) is 19.0. The molecular formula is C19H16FN3O. The SMILES string of the molecule is O=C(Nc1cccc(F)c1)c1cccnc1NCc1ccccc1. The van der Waals surface area contributed by atoms with Gasteiger partial charge in [0.15, 0.2) is 0 Å². The first-order valence-corrected chi connectivity index (χ1v) is 7.52. The van der Waals surface area contributed by atoms with Gasteiger partial charge in [-0.25, -0.2) is 9.37 Å². The second kappa shape index (κ2) is 7.37. The third-order valence-electron chi connectivity index (χ3n) is 3.44. The Balaban J connectivity index is 1.74. The van der Waals surface area contributed by atoms with E-state index in [1.54, 1.807) is 30.5 Å². The molecule has 0 aliphatic carbocycles. The maximum atomic E-state index is 13.2. The number of nitrogens with zero attached hydrogens (tertiary/aromatic N) is 1. The van der Waals surface area contributed by atoms with Crippen LogP contribution in [0.4, 0.5) is 15.9 Å². The number of aromatic nitrogens is 1. The summed E-state index contributed by atoms with van der Waals surface area (Å²) in [4.78, 5) is 16.7. The molecule has 2 aromatic carbocycles. The molecule has 5 heteroatoms. The van der Waals surface area contributed by atoms with E-state index in [0.29, 0.717) is 23.6 Å². The van der Waals surface area contributed by atoms with Gasteiger partial charge in [-0.1, -0.05) is 36.4 Å². The summed E-state index contributed by atoms with van der Waals surface area (Å²) in [5, 5.41) is 5.84. The highest BCUT2D eigenvalue weighted by Gasteiger charge is 2.12. The van der Waals surface area contributed by atoms with E-state index in [2.05, 4.69) is 15.6 Å². The van der Waals surface area contributed by atoms with Crippen molar-refractivity contribution in [2.24, 2.45) is 0 Å². The van der Waals surface area contributed by atoms with E-state index in [4.69, 9.17) is 0 Å². The van der Waals surface area contributed by atoms with Crippen molar-refractivity contribution in [1.82, 2.24) is 4.98 Å². The number of amides is 1. The number of benzene rings is 2. The zero-order valence-electron chi connectivity index (χ0n) is 12.9. The highest BCUT2D eigenvalue weighted by atomic mass is 19.1. The Morgan fingerprint density at radius 3 is 2.62 bits per heavy atom. The molecule has 0 saturated carbocycles. The minimum Gasteiger partial charge on any atom is -0.365 e. The molecule has 0 atom stereocenters. The van der Waals surface area contributed by atoms with Crippen molar-refractivity contribution in [3.05, 3.63) is 89.9 Å². The van der Waals surface area contributed by atoms with E-state index in [1.165, 1.54) is 12.1 Å². The maximum Gasteiger partial charge on any atom is 0.259 e. The van der Waals surface area contributed by atoms with Crippen LogP contribution >= 0.6 is 0 Å². The minimum atomic E-state index is -0.401. The number of anilines is 2. The topological polar surface area (TPSA) is 54.0 Å². The number of rotatable bonds is 5. The Hall–Kier alpha value is -3.21. The number of carbonyl (C=O) groups excluding carboxylic acids is 1. The average molecular weight is 321 g/mol. The molecule has 1 amide bonds. The molecule has 0 radical (unpaired) electrons. The molecule has 0 unspecified atom stereocenters. The minimum absolute atomic E-state index is 0.343. The van der Waals surface area contributed by atoms with Crippen LogP contribution in [0.2, 0.25) is 0 Å². The molecule has 0 fully saturated rings. The molecule has 0 spiro atoms. The fourth-order valence-electron chi connectivity index (χ4n) is 2.28. The first kappa shape index (κ1) is 15.7. The highest BCUT2D eigenvalue weighted by molar-refractivity contribution is 6.07. The number of hydrogen-bond donors (Lipinski definition) is 2. The van der Waals surface area contributed by atoms with E-state index < -0.39 is 5.82 Å². The van der Waals surface area contributed by atoms with Crippen molar-refractivity contribution in [3.8, 4) is 0 Å². The molecule has 2 N–H and O–H groups in total. The van der Waals surface area contributed by atoms with Crippen LogP contribution in [-0.2, 0) is 6.54 Å². The second-order valence-corrected chi connectivity index (χ2v) is 5.20. The molecule has 24 heavy (non-hydrogen) atoms. The fraction of sp³-hybridized carbons (Fsp3) is 0.0526. The predicted molar refractivity (Wildman–Crippen MR) is 92.4 cm³/mol. The second-order valence-electron chi connectivity index (χ2n) is 5.20. The molecular weight excluding hydrogens is 305 g/mol. The summed E-state index contributed by atoms with van der Waals surface area (Å²) < 4.78 is 13.2. The zero-order valence-corrected chi connectivity index (χ0v) is 12.9. The van der Waals surface area contributed by atoms with E-state index in [9.17, 15) is 9.18 Å². The molecule has 0 saturated heterocycles. The van der Waals surface area contributed by atoms with Crippen LogP contribution in [-0.4, -0.2) is 10.9 Å². The molecule has 0 bridgehead atoms. The van der Waals surface area contributed by atoms with Crippen molar-refractivity contribution in [3.63, 3.8) is 0 Å². The van der Waals surface area contributed by atoms with Gasteiger partial charge in [0.2, 0.25) is 0 Å². The smallest absolute Gasteiger partial charge is 0.259 e. The Kier molecular flexibility index (Phi) is 4.81. The summed E-state index contributed by atoms with van der Waals surface area (Å²) in [6.07, 6.45) is 1.62. The molecule has 3 aromatic rings. The number of nitrogens with one attached hydrogen (secondary N) is 2. The van der Waals surface area contributed by atoms with Crippen LogP contribution in [0.3, 0.4) is 0 Å². The summed E-state index contributed by atoms with van der Waals surface area (Å²) >= 11 is 0.